The summed E-state index contributed by atoms with van der Waals surface area (Å²) in [5, 5.41) is 3.66. The van der Waals surface area contributed by atoms with Gasteiger partial charge in [-0.05, 0) is 64.5 Å². The molecule has 5 nitrogen and oxygen atoms in total. The molecule has 128 valence electrons. The number of hydrogen-bond donors (Lipinski definition) is 2. The molecule has 2 N–H and O–H groups in total. The Morgan fingerprint density at radius 2 is 2.26 bits per heavy atom. The standard InChI is InChI=1S/C18H29N3O2/c1-17(2,3)23-16(22)21-10-6-15(11-18(21)7-4-8-18)20-13-14-5-9-19-12-14/h5,9,12,15,19-20H,4,6-8,10-11,13H2,1-3H3. The molecule has 23 heavy (non-hydrogen) atoms. The fourth-order valence-corrected chi connectivity index (χ4v) is 3.76. The number of likely N-dealkylation sites (tertiary alicyclic amines) is 1. The van der Waals surface area contributed by atoms with Crippen LogP contribution in [0.15, 0.2) is 18.5 Å². The Kier molecular flexibility index (Phi) is 4.41. The summed E-state index contributed by atoms with van der Waals surface area (Å²) in [6, 6.07) is 2.57. The van der Waals surface area contributed by atoms with Gasteiger partial charge in [0, 0.05) is 37.1 Å². The minimum atomic E-state index is -0.425. The van der Waals surface area contributed by atoms with Crippen molar-refractivity contribution < 1.29 is 9.53 Å². The second-order valence-electron chi connectivity index (χ2n) is 8.00. The number of aromatic amines is 1. The van der Waals surface area contributed by atoms with Gasteiger partial charge in [0.2, 0.25) is 0 Å². The van der Waals surface area contributed by atoms with E-state index in [0.717, 1.165) is 38.8 Å². The molecule has 2 aliphatic rings. The number of rotatable bonds is 3. The number of piperidine rings is 1. The summed E-state index contributed by atoms with van der Waals surface area (Å²) in [7, 11) is 0. The van der Waals surface area contributed by atoms with Gasteiger partial charge in [-0.2, -0.15) is 0 Å². The Bertz CT molecular complexity index is 529. The monoisotopic (exact) mass is 319 g/mol. The molecule has 1 saturated heterocycles. The van der Waals surface area contributed by atoms with Gasteiger partial charge in [-0.15, -0.1) is 0 Å². The maximum absolute atomic E-state index is 12.6. The zero-order valence-electron chi connectivity index (χ0n) is 14.5. The Balaban J connectivity index is 1.59. The minimum absolute atomic E-state index is 0.0242. The quantitative estimate of drug-likeness (QED) is 0.897. The molecule has 0 bridgehead atoms. The van der Waals surface area contributed by atoms with Crippen molar-refractivity contribution in [1.82, 2.24) is 15.2 Å². The van der Waals surface area contributed by atoms with Crippen LogP contribution in [-0.2, 0) is 11.3 Å². The van der Waals surface area contributed by atoms with Crippen LogP contribution >= 0.6 is 0 Å². The third-order valence-corrected chi connectivity index (χ3v) is 5.06. The van der Waals surface area contributed by atoms with E-state index in [0.29, 0.717) is 6.04 Å². The molecule has 1 aromatic rings. The molecule has 1 aliphatic heterocycles. The van der Waals surface area contributed by atoms with Crippen LogP contribution in [0.4, 0.5) is 4.79 Å². The van der Waals surface area contributed by atoms with Crippen molar-refractivity contribution >= 4 is 6.09 Å². The van der Waals surface area contributed by atoms with Crippen molar-refractivity contribution in [3.05, 3.63) is 24.0 Å². The summed E-state index contributed by atoms with van der Waals surface area (Å²) in [6.07, 6.45) is 9.30. The first-order valence-electron chi connectivity index (χ1n) is 8.74. The van der Waals surface area contributed by atoms with Crippen LogP contribution in [0.1, 0.15) is 58.4 Å². The van der Waals surface area contributed by atoms with Gasteiger partial charge < -0.3 is 19.9 Å². The number of hydrogen-bond acceptors (Lipinski definition) is 3. The molecule has 1 saturated carbocycles. The highest BCUT2D eigenvalue weighted by atomic mass is 16.6. The zero-order chi connectivity index (χ0) is 16.5. The van der Waals surface area contributed by atoms with E-state index in [1.54, 1.807) is 0 Å². The third kappa shape index (κ3) is 3.71. The van der Waals surface area contributed by atoms with Gasteiger partial charge >= 0.3 is 6.09 Å². The van der Waals surface area contributed by atoms with Crippen LogP contribution in [0, 0.1) is 0 Å². The SMILES string of the molecule is CC(C)(C)OC(=O)N1CCC(NCc2cc[nH]c2)CC12CCC2. The Morgan fingerprint density at radius 3 is 2.83 bits per heavy atom. The second kappa shape index (κ2) is 6.19. The van der Waals surface area contributed by atoms with Gasteiger partial charge in [-0.25, -0.2) is 4.79 Å². The van der Waals surface area contributed by atoms with Gasteiger partial charge in [0.1, 0.15) is 5.60 Å². The number of H-pyrrole nitrogens is 1. The topological polar surface area (TPSA) is 57.4 Å². The normalized spacial score (nSPS) is 23.6. The Hall–Kier alpha value is -1.49. The summed E-state index contributed by atoms with van der Waals surface area (Å²) in [6.45, 7) is 7.48. The van der Waals surface area contributed by atoms with E-state index in [2.05, 4.69) is 16.4 Å². The summed E-state index contributed by atoms with van der Waals surface area (Å²) in [5.41, 5.74) is 0.879. The summed E-state index contributed by atoms with van der Waals surface area (Å²) >= 11 is 0. The molecule has 1 aliphatic carbocycles. The van der Waals surface area contributed by atoms with E-state index in [-0.39, 0.29) is 11.6 Å². The minimum Gasteiger partial charge on any atom is -0.444 e. The Labute approximate surface area is 138 Å². The largest absolute Gasteiger partial charge is 0.444 e. The lowest BCUT2D eigenvalue weighted by molar-refractivity contribution is -0.0494. The first-order chi connectivity index (χ1) is 10.9. The molecule has 1 unspecified atom stereocenters. The molecule has 2 heterocycles. The van der Waals surface area contributed by atoms with Crippen LogP contribution in [0.25, 0.3) is 0 Å². The van der Waals surface area contributed by atoms with Crippen molar-refractivity contribution in [1.29, 1.82) is 0 Å². The molecule has 1 aromatic heterocycles. The summed E-state index contributed by atoms with van der Waals surface area (Å²) in [5.74, 6) is 0. The number of nitrogens with one attached hydrogen (secondary N) is 2. The molecular weight excluding hydrogens is 290 g/mol. The van der Waals surface area contributed by atoms with E-state index < -0.39 is 5.60 Å². The zero-order valence-corrected chi connectivity index (χ0v) is 14.5. The van der Waals surface area contributed by atoms with Gasteiger partial charge in [0.05, 0.1) is 0 Å². The van der Waals surface area contributed by atoms with E-state index in [4.69, 9.17) is 4.74 Å². The van der Waals surface area contributed by atoms with Crippen LogP contribution in [-0.4, -0.2) is 39.7 Å². The number of amides is 1. The van der Waals surface area contributed by atoms with Gasteiger partial charge in [0.15, 0.2) is 0 Å². The van der Waals surface area contributed by atoms with E-state index >= 15 is 0 Å². The van der Waals surface area contributed by atoms with E-state index in [9.17, 15) is 4.79 Å². The highest BCUT2D eigenvalue weighted by Gasteiger charge is 2.49. The fraction of sp³-hybridized carbons (Fsp3) is 0.722. The van der Waals surface area contributed by atoms with Crippen molar-refractivity contribution in [2.24, 2.45) is 0 Å². The first-order valence-corrected chi connectivity index (χ1v) is 8.74. The molecule has 5 heteroatoms. The van der Waals surface area contributed by atoms with Crippen molar-refractivity contribution in [2.45, 2.75) is 76.6 Å². The molecule has 1 spiro atoms. The molecule has 0 radical (unpaired) electrons. The van der Waals surface area contributed by atoms with Crippen LogP contribution in [0.2, 0.25) is 0 Å². The van der Waals surface area contributed by atoms with Crippen LogP contribution < -0.4 is 5.32 Å². The maximum Gasteiger partial charge on any atom is 0.410 e. The predicted octanol–water partition coefficient (Wildman–Crippen LogP) is 3.43. The van der Waals surface area contributed by atoms with Crippen LogP contribution in [0.5, 0.6) is 0 Å². The van der Waals surface area contributed by atoms with Crippen molar-refractivity contribution in [3.8, 4) is 0 Å². The average Bonchev–Trinajstić information content (AvgIpc) is 2.94. The molecule has 0 aromatic carbocycles. The maximum atomic E-state index is 12.6. The molecule has 2 fully saturated rings. The predicted molar refractivity (Wildman–Crippen MR) is 90.2 cm³/mol. The number of nitrogens with zero attached hydrogens (tertiary/aromatic N) is 1. The van der Waals surface area contributed by atoms with Crippen molar-refractivity contribution in [2.75, 3.05) is 6.54 Å². The van der Waals surface area contributed by atoms with Crippen LogP contribution in [0.3, 0.4) is 0 Å². The summed E-state index contributed by atoms with van der Waals surface area (Å²) in [4.78, 5) is 17.7. The number of ether oxygens (including phenoxy) is 1. The lowest BCUT2D eigenvalue weighted by Crippen LogP contribution is -2.63. The summed E-state index contributed by atoms with van der Waals surface area (Å²) < 4.78 is 5.62. The fourth-order valence-electron chi connectivity index (χ4n) is 3.76. The number of carbonyl (C=O) groups excluding carboxylic acids is 1. The lowest BCUT2D eigenvalue weighted by Gasteiger charge is -2.54. The molecule has 1 amide bonds. The van der Waals surface area contributed by atoms with Gasteiger partial charge in [-0.3, -0.25) is 0 Å². The Morgan fingerprint density at radius 1 is 1.48 bits per heavy atom. The van der Waals surface area contributed by atoms with Gasteiger partial charge in [-0.1, -0.05) is 0 Å². The third-order valence-electron chi connectivity index (χ3n) is 5.06. The molecule has 1 atom stereocenters. The van der Waals surface area contributed by atoms with Gasteiger partial charge in [0.25, 0.3) is 0 Å². The highest BCUT2D eigenvalue weighted by Crippen LogP contribution is 2.45. The number of aromatic nitrogens is 1. The smallest absolute Gasteiger partial charge is 0.410 e. The second-order valence-corrected chi connectivity index (χ2v) is 8.00. The highest BCUT2D eigenvalue weighted by molar-refractivity contribution is 5.69. The first kappa shape index (κ1) is 16.4. The van der Waals surface area contributed by atoms with Crippen molar-refractivity contribution in [3.63, 3.8) is 0 Å². The lowest BCUT2D eigenvalue weighted by atomic mass is 9.69. The average molecular weight is 319 g/mol. The van der Waals surface area contributed by atoms with E-state index in [1.807, 2.05) is 38.1 Å². The van der Waals surface area contributed by atoms with E-state index in [1.165, 1.54) is 12.0 Å². The molecule has 3 rings (SSSR count). The molecular formula is C18H29N3O2. The number of carbonyl (C=O) groups is 1.